The van der Waals surface area contributed by atoms with E-state index < -0.39 is 17.6 Å². The van der Waals surface area contributed by atoms with Gasteiger partial charge in [0.2, 0.25) is 0 Å². The Kier molecular flexibility index (Phi) is 11.8. The van der Waals surface area contributed by atoms with Gasteiger partial charge in [0, 0.05) is 25.0 Å². The number of ether oxygens (including phenoxy) is 1. The lowest BCUT2D eigenvalue weighted by Crippen LogP contribution is -2.39. The number of fused-ring (bicyclic) bond motifs is 1. The molecule has 0 aliphatic carbocycles. The second-order valence-electron chi connectivity index (χ2n) is 7.46. The molecule has 1 unspecified atom stereocenters. The molecule has 37 heavy (non-hydrogen) atoms. The van der Waals surface area contributed by atoms with E-state index in [0.29, 0.717) is 30.8 Å². The minimum absolute atomic E-state index is 0.174. The molecule has 2 aromatic carbocycles. The third-order valence-corrected chi connectivity index (χ3v) is 5.59. The van der Waals surface area contributed by atoms with Crippen molar-refractivity contribution in [2.75, 3.05) is 31.2 Å². The molecule has 196 valence electrons. The van der Waals surface area contributed by atoms with Gasteiger partial charge in [-0.1, -0.05) is 41.3 Å². The van der Waals surface area contributed by atoms with Crippen molar-refractivity contribution in [1.29, 1.82) is 0 Å². The highest BCUT2D eigenvalue weighted by molar-refractivity contribution is 6.30. The Bertz CT molecular complexity index is 1240. The summed E-state index contributed by atoms with van der Waals surface area (Å²) in [5.74, 6) is 2.34. The number of halogens is 4. The molecule has 1 aromatic heterocycles. The van der Waals surface area contributed by atoms with Crippen molar-refractivity contribution in [3.63, 3.8) is 0 Å². The second kappa shape index (κ2) is 14.8. The van der Waals surface area contributed by atoms with Crippen LogP contribution in [0.5, 0.6) is 5.75 Å². The van der Waals surface area contributed by atoms with Crippen molar-refractivity contribution in [2.45, 2.75) is 24.5 Å². The van der Waals surface area contributed by atoms with Crippen LogP contribution in [-0.4, -0.2) is 58.9 Å². The van der Waals surface area contributed by atoms with E-state index in [-0.39, 0.29) is 17.4 Å². The predicted octanol–water partition coefficient (Wildman–Crippen LogP) is 4.46. The highest BCUT2D eigenvalue weighted by atomic mass is 35.5. The summed E-state index contributed by atoms with van der Waals surface area (Å²) in [6, 6.07) is 9.27. The number of nitrogen functional groups attached to an aromatic ring is 1. The highest BCUT2D eigenvalue weighted by Crippen LogP contribution is 2.31. The van der Waals surface area contributed by atoms with Crippen LogP contribution in [0.1, 0.15) is 12.8 Å². The summed E-state index contributed by atoms with van der Waals surface area (Å²) in [5, 5.41) is 3.98. The van der Waals surface area contributed by atoms with Gasteiger partial charge < -0.3 is 25.5 Å². The number of hydrogen-bond donors (Lipinski definition) is 2. The minimum atomic E-state index is -2.02. The van der Waals surface area contributed by atoms with Crippen LogP contribution in [-0.2, 0) is 9.59 Å². The Balaban J connectivity index is 0.000000210. The van der Waals surface area contributed by atoms with Gasteiger partial charge in [-0.2, -0.15) is 0 Å². The molecule has 12 heteroatoms. The Morgan fingerprint density at radius 1 is 1.41 bits per heavy atom. The van der Waals surface area contributed by atoms with Gasteiger partial charge in [0.05, 0.1) is 22.3 Å². The molecule has 1 fully saturated rings. The summed E-state index contributed by atoms with van der Waals surface area (Å²) in [5.41, 5.74) is 5.28. The fourth-order valence-corrected chi connectivity index (χ4v) is 3.57. The molecule has 4 rings (SSSR count). The Labute approximate surface area is 223 Å². The third kappa shape index (κ3) is 8.44. The number of nitrogens with two attached hydrogens (primary N) is 1. The van der Waals surface area contributed by atoms with E-state index in [1.165, 1.54) is 23.4 Å². The van der Waals surface area contributed by atoms with Crippen molar-refractivity contribution < 1.29 is 23.1 Å². The van der Waals surface area contributed by atoms with E-state index in [2.05, 4.69) is 21.2 Å². The molecule has 3 aromatic rings. The van der Waals surface area contributed by atoms with Crippen LogP contribution in [0.25, 0.3) is 10.9 Å². The fourth-order valence-electron chi connectivity index (χ4n) is 3.31. The Hall–Kier alpha value is -3.68. The van der Waals surface area contributed by atoms with Crippen molar-refractivity contribution in [2.24, 2.45) is 0 Å². The molecule has 8 nitrogen and oxygen atoms in total. The standard InChI is InChI=1S/C12H12N4O.C7H9ClFNO2.C6H4ClF/c1-3-4-17-11-6-9-8(5-10(11)14-2)12(13)16-7-15-9;8-6(9)7(12)10-3-1-2-5(10)4-11;7-5-3-1-2-4-6(5)8/h1,5-7,14H,4H2,2H3,(H2,13,15,16);4-6H,1-3H2;1-4H/t;5-,6?;/m.1./s1. The molecule has 2 atom stereocenters. The quantitative estimate of drug-likeness (QED) is 0.273. The summed E-state index contributed by atoms with van der Waals surface area (Å²) >= 11 is 10.3. The average Bonchev–Trinajstić information content (AvgIpc) is 3.38. The number of alkyl halides is 2. The minimum Gasteiger partial charge on any atom is -0.479 e. The van der Waals surface area contributed by atoms with E-state index in [1.54, 1.807) is 25.2 Å². The maximum Gasteiger partial charge on any atom is 0.273 e. The van der Waals surface area contributed by atoms with Gasteiger partial charge in [0.1, 0.15) is 36.6 Å². The number of amides is 1. The number of carbonyl (C=O) groups excluding carboxylic acids is 2. The van der Waals surface area contributed by atoms with Gasteiger partial charge in [-0.15, -0.1) is 6.42 Å². The van der Waals surface area contributed by atoms with Gasteiger partial charge in [-0.25, -0.2) is 18.7 Å². The maximum atomic E-state index is 12.3. The number of carbonyl (C=O) groups is 2. The first-order valence-electron chi connectivity index (χ1n) is 11.0. The zero-order valence-corrected chi connectivity index (χ0v) is 21.3. The third-order valence-electron chi connectivity index (χ3n) is 5.10. The number of anilines is 2. The molecule has 0 radical (unpaired) electrons. The number of aldehydes is 1. The second-order valence-corrected chi connectivity index (χ2v) is 8.25. The predicted molar refractivity (Wildman–Crippen MR) is 141 cm³/mol. The van der Waals surface area contributed by atoms with Crippen LogP contribution in [0.2, 0.25) is 5.02 Å². The first kappa shape index (κ1) is 29.5. The lowest BCUT2D eigenvalue weighted by Gasteiger charge is -2.19. The van der Waals surface area contributed by atoms with Gasteiger partial charge in [-0.3, -0.25) is 4.79 Å². The van der Waals surface area contributed by atoms with Crippen molar-refractivity contribution >= 4 is 57.8 Å². The smallest absolute Gasteiger partial charge is 0.273 e. The fraction of sp³-hybridized carbons (Fsp3) is 0.280. The molecule has 1 aliphatic rings. The van der Waals surface area contributed by atoms with Crippen LogP contribution in [0.3, 0.4) is 0 Å². The molecule has 3 N–H and O–H groups in total. The number of terminal acetylenes is 1. The van der Waals surface area contributed by atoms with Crippen LogP contribution < -0.4 is 15.8 Å². The van der Waals surface area contributed by atoms with E-state index in [1.807, 2.05) is 6.07 Å². The van der Waals surface area contributed by atoms with E-state index >= 15 is 0 Å². The van der Waals surface area contributed by atoms with Crippen LogP contribution in [0.4, 0.5) is 20.3 Å². The van der Waals surface area contributed by atoms with Crippen molar-refractivity contribution in [3.8, 4) is 18.1 Å². The average molecular weight is 552 g/mol. The van der Waals surface area contributed by atoms with Crippen LogP contribution >= 0.6 is 23.2 Å². The molecule has 0 saturated carbocycles. The largest absolute Gasteiger partial charge is 0.479 e. The number of likely N-dealkylation sites (tertiary alicyclic amines) is 1. The van der Waals surface area contributed by atoms with E-state index in [4.69, 9.17) is 40.1 Å². The molecule has 1 saturated heterocycles. The first-order valence-corrected chi connectivity index (χ1v) is 11.8. The Morgan fingerprint density at radius 2 is 2.14 bits per heavy atom. The van der Waals surface area contributed by atoms with Crippen LogP contribution in [0.15, 0.2) is 42.7 Å². The van der Waals surface area contributed by atoms with Crippen molar-refractivity contribution in [3.05, 3.63) is 53.6 Å². The lowest BCUT2D eigenvalue weighted by atomic mass is 10.2. The summed E-state index contributed by atoms with van der Waals surface area (Å²) in [7, 11) is 1.80. The summed E-state index contributed by atoms with van der Waals surface area (Å²) < 4.78 is 29.9. The molecule has 0 spiro atoms. The zero-order valence-electron chi connectivity index (χ0n) is 19.8. The summed E-state index contributed by atoms with van der Waals surface area (Å²) in [4.78, 5) is 30.6. The number of benzene rings is 2. The summed E-state index contributed by atoms with van der Waals surface area (Å²) in [6.07, 6.45) is 8.58. The lowest BCUT2D eigenvalue weighted by molar-refractivity contribution is -0.136. The number of hydrogen-bond acceptors (Lipinski definition) is 7. The highest BCUT2D eigenvalue weighted by Gasteiger charge is 2.31. The Morgan fingerprint density at radius 3 is 2.70 bits per heavy atom. The summed E-state index contributed by atoms with van der Waals surface area (Å²) in [6.45, 7) is 0.635. The first-order chi connectivity index (χ1) is 17.7. The monoisotopic (exact) mass is 551 g/mol. The zero-order chi connectivity index (χ0) is 27.4. The number of rotatable bonds is 5. The topological polar surface area (TPSA) is 110 Å². The SMILES string of the molecule is C#CCOc1cc2ncnc(N)c2cc1NC.Fc1ccccc1Cl.O=C[C@H]1CCCN1C(=O)C(F)Cl. The molecule has 1 aliphatic heterocycles. The van der Waals surface area contributed by atoms with Gasteiger partial charge in [-0.05, 0) is 31.0 Å². The van der Waals surface area contributed by atoms with Gasteiger partial charge in [0.15, 0.2) is 0 Å². The maximum absolute atomic E-state index is 12.3. The number of nitrogens with one attached hydrogen (secondary N) is 1. The normalized spacial score (nSPS) is 14.8. The van der Waals surface area contributed by atoms with Crippen molar-refractivity contribution in [1.82, 2.24) is 14.9 Å². The van der Waals surface area contributed by atoms with Gasteiger partial charge >= 0.3 is 0 Å². The molecular formula is C25H25Cl2F2N5O3. The molecule has 1 amide bonds. The number of nitrogens with zero attached hydrogens (tertiary/aromatic N) is 3. The molecule has 2 heterocycles. The number of aromatic nitrogens is 2. The van der Waals surface area contributed by atoms with Gasteiger partial charge in [0.25, 0.3) is 11.5 Å². The van der Waals surface area contributed by atoms with Crippen LogP contribution in [0, 0.1) is 18.2 Å². The molecular weight excluding hydrogens is 527 g/mol. The molecule has 0 bridgehead atoms. The van der Waals surface area contributed by atoms with E-state index in [9.17, 15) is 18.4 Å². The van der Waals surface area contributed by atoms with E-state index in [0.717, 1.165) is 23.0 Å².